The SMILES string of the molecule is O=C(NC1CCCCCC1)[C@@H]1CCCN(c2nc3cccnc3s2)C1. The molecule has 0 radical (unpaired) electrons. The van der Waals surface area contributed by atoms with Gasteiger partial charge in [0, 0.05) is 25.3 Å². The molecule has 1 saturated heterocycles. The van der Waals surface area contributed by atoms with Crippen molar-refractivity contribution < 1.29 is 4.79 Å². The van der Waals surface area contributed by atoms with E-state index in [1.807, 2.05) is 18.3 Å². The van der Waals surface area contributed by atoms with Gasteiger partial charge in [0.05, 0.1) is 5.92 Å². The highest BCUT2D eigenvalue weighted by molar-refractivity contribution is 7.21. The van der Waals surface area contributed by atoms with E-state index in [-0.39, 0.29) is 11.8 Å². The van der Waals surface area contributed by atoms with Gasteiger partial charge >= 0.3 is 0 Å². The van der Waals surface area contributed by atoms with Crippen LogP contribution >= 0.6 is 11.3 Å². The Balaban J connectivity index is 1.40. The van der Waals surface area contributed by atoms with Crippen molar-refractivity contribution in [3.8, 4) is 0 Å². The molecule has 1 amide bonds. The Morgan fingerprint density at radius 2 is 2.00 bits per heavy atom. The topological polar surface area (TPSA) is 58.1 Å². The molecule has 1 saturated carbocycles. The van der Waals surface area contributed by atoms with Gasteiger partial charge in [-0.15, -0.1) is 0 Å². The smallest absolute Gasteiger partial charge is 0.225 e. The van der Waals surface area contributed by atoms with E-state index >= 15 is 0 Å². The summed E-state index contributed by atoms with van der Waals surface area (Å²) in [5.41, 5.74) is 0.951. The fourth-order valence-corrected chi connectivity index (χ4v) is 4.94. The Labute approximate surface area is 152 Å². The van der Waals surface area contributed by atoms with Crippen LogP contribution in [0.3, 0.4) is 0 Å². The quantitative estimate of drug-likeness (QED) is 0.849. The van der Waals surface area contributed by atoms with Crippen LogP contribution in [-0.4, -0.2) is 35.0 Å². The molecule has 25 heavy (non-hydrogen) atoms. The van der Waals surface area contributed by atoms with Crippen LogP contribution < -0.4 is 10.2 Å². The van der Waals surface area contributed by atoms with E-state index in [0.717, 1.165) is 54.3 Å². The van der Waals surface area contributed by atoms with Gasteiger partial charge in [-0.25, -0.2) is 9.97 Å². The molecular weight excluding hydrogens is 332 g/mol. The van der Waals surface area contributed by atoms with Crippen molar-refractivity contribution in [1.29, 1.82) is 0 Å². The van der Waals surface area contributed by atoms with E-state index in [2.05, 4.69) is 15.2 Å². The zero-order valence-corrected chi connectivity index (χ0v) is 15.4. The molecule has 3 heterocycles. The lowest BCUT2D eigenvalue weighted by Gasteiger charge is -2.32. The van der Waals surface area contributed by atoms with E-state index in [1.54, 1.807) is 11.3 Å². The minimum atomic E-state index is 0.0805. The highest BCUT2D eigenvalue weighted by Gasteiger charge is 2.28. The molecule has 1 atom stereocenters. The van der Waals surface area contributed by atoms with Crippen LogP contribution in [0.4, 0.5) is 5.13 Å². The molecule has 0 bridgehead atoms. The Kier molecular flexibility index (Phi) is 5.15. The van der Waals surface area contributed by atoms with Gasteiger partial charge in [-0.3, -0.25) is 4.79 Å². The molecule has 1 N–H and O–H groups in total. The lowest BCUT2D eigenvalue weighted by atomic mass is 9.96. The molecule has 2 aromatic rings. The number of aromatic nitrogens is 2. The number of hydrogen-bond donors (Lipinski definition) is 1. The van der Waals surface area contributed by atoms with Crippen molar-refractivity contribution in [3.63, 3.8) is 0 Å². The Bertz CT molecular complexity index is 690. The Hall–Kier alpha value is -1.69. The molecule has 5 nitrogen and oxygen atoms in total. The third kappa shape index (κ3) is 3.94. The second-order valence-corrected chi connectivity index (χ2v) is 8.26. The average Bonchev–Trinajstić information content (AvgIpc) is 2.92. The fourth-order valence-electron chi connectivity index (χ4n) is 4.00. The minimum Gasteiger partial charge on any atom is -0.353 e. The van der Waals surface area contributed by atoms with Crippen LogP contribution in [0.5, 0.6) is 0 Å². The van der Waals surface area contributed by atoms with Gasteiger partial charge in [-0.2, -0.15) is 0 Å². The molecule has 2 aliphatic rings. The molecule has 6 heteroatoms. The molecule has 1 aliphatic heterocycles. The van der Waals surface area contributed by atoms with E-state index in [0.29, 0.717) is 6.04 Å². The highest BCUT2D eigenvalue weighted by atomic mass is 32.1. The van der Waals surface area contributed by atoms with Crippen LogP contribution in [-0.2, 0) is 4.79 Å². The second kappa shape index (κ2) is 7.68. The summed E-state index contributed by atoms with van der Waals surface area (Å²) in [5, 5.41) is 4.33. The first-order valence-electron chi connectivity index (χ1n) is 9.56. The van der Waals surface area contributed by atoms with E-state index < -0.39 is 0 Å². The monoisotopic (exact) mass is 358 g/mol. The van der Waals surface area contributed by atoms with Gasteiger partial charge in [0.2, 0.25) is 5.91 Å². The van der Waals surface area contributed by atoms with Crippen LogP contribution in [0.15, 0.2) is 18.3 Å². The summed E-state index contributed by atoms with van der Waals surface area (Å²) in [5.74, 6) is 0.327. The second-order valence-electron chi connectivity index (χ2n) is 7.31. The van der Waals surface area contributed by atoms with E-state index in [9.17, 15) is 4.79 Å². The number of piperidine rings is 1. The molecule has 2 fully saturated rings. The first-order valence-corrected chi connectivity index (χ1v) is 10.4. The van der Waals surface area contributed by atoms with Gasteiger partial charge in [0.25, 0.3) is 0 Å². The summed E-state index contributed by atoms with van der Waals surface area (Å²) in [6.45, 7) is 1.76. The zero-order valence-electron chi connectivity index (χ0n) is 14.6. The lowest BCUT2D eigenvalue weighted by molar-refractivity contribution is -0.126. The Morgan fingerprint density at radius 1 is 1.16 bits per heavy atom. The standard InChI is InChI=1S/C19H26N4OS/c24-17(21-15-8-3-1-2-4-9-15)14-7-6-12-23(13-14)19-22-16-10-5-11-20-18(16)25-19/h5,10-11,14-15H,1-4,6-9,12-13H2,(H,21,24)/t14-/m1/s1. The van der Waals surface area contributed by atoms with Crippen molar-refractivity contribution in [2.45, 2.75) is 57.4 Å². The predicted octanol–water partition coefficient (Wildman–Crippen LogP) is 3.75. The van der Waals surface area contributed by atoms with Crippen molar-refractivity contribution in [1.82, 2.24) is 15.3 Å². The summed E-state index contributed by atoms with van der Waals surface area (Å²) in [7, 11) is 0. The highest BCUT2D eigenvalue weighted by Crippen LogP contribution is 2.30. The number of carbonyl (C=O) groups excluding carboxylic acids is 1. The number of nitrogens with zero attached hydrogens (tertiary/aromatic N) is 3. The molecule has 0 unspecified atom stereocenters. The lowest BCUT2D eigenvalue weighted by Crippen LogP contribution is -2.46. The molecule has 0 aromatic carbocycles. The number of hydrogen-bond acceptors (Lipinski definition) is 5. The molecular formula is C19H26N4OS. The first kappa shape index (κ1) is 16.8. The summed E-state index contributed by atoms with van der Waals surface area (Å²) >= 11 is 1.63. The number of pyridine rings is 1. The third-order valence-corrected chi connectivity index (χ3v) is 6.46. The first-order chi connectivity index (χ1) is 12.3. The fraction of sp³-hybridized carbons (Fsp3) is 0.632. The van der Waals surface area contributed by atoms with Crippen LogP contribution in [0.25, 0.3) is 10.3 Å². The molecule has 0 spiro atoms. The summed E-state index contributed by atoms with van der Waals surface area (Å²) in [4.78, 5) is 25.1. The van der Waals surface area contributed by atoms with Crippen molar-refractivity contribution in [3.05, 3.63) is 18.3 Å². The van der Waals surface area contributed by atoms with E-state index in [4.69, 9.17) is 4.98 Å². The van der Waals surface area contributed by atoms with Crippen LogP contribution in [0.1, 0.15) is 51.4 Å². The maximum atomic E-state index is 12.8. The summed E-state index contributed by atoms with van der Waals surface area (Å²) < 4.78 is 0. The number of thiazole rings is 1. The van der Waals surface area contributed by atoms with Crippen molar-refractivity contribution in [2.24, 2.45) is 5.92 Å². The van der Waals surface area contributed by atoms with Gasteiger partial charge in [0.15, 0.2) is 5.13 Å². The number of nitrogens with one attached hydrogen (secondary N) is 1. The number of fused-ring (bicyclic) bond motifs is 1. The number of amides is 1. The van der Waals surface area contributed by atoms with Crippen LogP contribution in [0, 0.1) is 5.92 Å². The molecule has 1 aliphatic carbocycles. The van der Waals surface area contributed by atoms with Crippen molar-refractivity contribution >= 4 is 32.7 Å². The number of rotatable bonds is 3. The summed E-state index contributed by atoms with van der Waals surface area (Å²) in [6.07, 6.45) is 11.3. The van der Waals surface area contributed by atoms with Crippen LogP contribution in [0.2, 0.25) is 0 Å². The number of anilines is 1. The maximum Gasteiger partial charge on any atom is 0.225 e. The average molecular weight is 359 g/mol. The van der Waals surface area contributed by atoms with Gasteiger partial charge in [-0.1, -0.05) is 37.0 Å². The molecule has 4 rings (SSSR count). The van der Waals surface area contributed by atoms with Gasteiger partial charge < -0.3 is 10.2 Å². The van der Waals surface area contributed by atoms with Gasteiger partial charge in [-0.05, 0) is 37.8 Å². The Morgan fingerprint density at radius 3 is 2.80 bits per heavy atom. The number of carbonyl (C=O) groups is 1. The predicted molar refractivity (Wildman–Crippen MR) is 102 cm³/mol. The van der Waals surface area contributed by atoms with E-state index in [1.165, 1.54) is 25.7 Å². The minimum absolute atomic E-state index is 0.0805. The third-order valence-electron chi connectivity index (χ3n) is 5.42. The normalized spacial score (nSPS) is 22.7. The van der Waals surface area contributed by atoms with Gasteiger partial charge in [0.1, 0.15) is 10.3 Å². The molecule has 2 aromatic heterocycles. The zero-order chi connectivity index (χ0) is 17.1. The maximum absolute atomic E-state index is 12.8. The molecule has 134 valence electrons. The summed E-state index contributed by atoms with van der Waals surface area (Å²) in [6, 6.07) is 4.31. The largest absolute Gasteiger partial charge is 0.353 e. The van der Waals surface area contributed by atoms with Crippen molar-refractivity contribution in [2.75, 3.05) is 18.0 Å².